The molecule has 0 unspecified atom stereocenters. The molecule has 0 spiro atoms. The van der Waals surface area contributed by atoms with E-state index in [0.717, 1.165) is 43.2 Å². The van der Waals surface area contributed by atoms with Gasteiger partial charge in [0.1, 0.15) is 0 Å². The fourth-order valence-corrected chi connectivity index (χ4v) is 5.07. The van der Waals surface area contributed by atoms with E-state index in [9.17, 15) is 19.2 Å². The van der Waals surface area contributed by atoms with Gasteiger partial charge in [-0.1, -0.05) is 79.9 Å². The maximum atomic E-state index is 12.3. The summed E-state index contributed by atoms with van der Waals surface area (Å²) in [5, 5.41) is 11.6. The second kappa shape index (κ2) is 19.3. The number of hydrogen-bond acceptors (Lipinski definition) is 4. The smallest absolute Gasteiger partial charge is 0.224 e. The zero-order valence-electron chi connectivity index (χ0n) is 26.8. The summed E-state index contributed by atoms with van der Waals surface area (Å²) >= 11 is 0. The third-order valence-electron chi connectivity index (χ3n) is 7.68. The average molecular weight is 633 g/mol. The number of nitrogens with one attached hydrogen (secondary N) is 4. The first-order chi connectivity index (χ1) is 22.9. The Morgan fingerprint density at radius 2 is 0.617 bits per heavy atom. The van der Waals surface area contributed by atoms with Gasteiger partial charge in [-0.05, 0) is 85.3 Å². The van der Waals surface area contributed by atoms with Crippen molar-refractivity contribution in [1.82, 2.24) is 0 Å². The van der Waals surface area contributed by atoms with Crippen LogP contribution in [0.5, 0.6) is 0 Å². The number of aryl methyl sites for hydroxylation is 2. The van der Waals surface area contributed by atoms with E-state index in [4.69, 9.17) is 0 Å². The topological polar surface area (TPSA) is 116 Å². The molecule has 0 radical (unpaired) electrons. The van der Waals surface area contributed by atoms with Crippen molar-refractivity contribution < 1.29 is 19.2 Å². The Morgan fingerprint density at radius 3 is 0.936 bits per heavy atom. The van der Waals surface area contributed by atoms with Crippen LogP contribution in [0.25, 0.3) is 0 Å². The summed E-state index contributed by atoms with van der Waals surface area (Å²) in [6.45, 7) is 0. The van der Waals surface area contributed by atoms with Gasteiger partial charge in [-0.3, -0.25) is 19.2 Å². The van der Waals surface area contributed by atoms with E-state index in [-0.39, 0.29) is 23.6 Å². The van der Waals surface area contributed by atoms with Crippen LogP contribution in [0.3, 0.4) is 0 Å². The van der Waals surface area contributed by atoms with E-state index in [0.29, 0.717) is 61.3 Å². The molecule has 4 rings (SSSR count). The molecule has 0 aliphatic rings. The van der Waals surface area contributed by atoms with Gasteiger partial charge in [-0.15, -0.1) is 0 Å². The molecule has 4 aromatic rings. The summed E-state index contributed by atoms with van der Waals surface area (Å²) in [5.74, 6) is -0.173. The number of carbonyl (C=O) groups is 4. The van der Waals surface area contributed by atoms with Crippen LogP contribution in [0.4, 0.5) is 22.7 Å². The Hall–Kier alpha value is -5.24. The predicted molar refractivity (Wildman–Crippen MR) is 189 cm³/mol. The molecule has 0 saturated carbocycles. The predicted octanol–water partition coefficient (Wildman–Crippen LogP) is 8.14. The van der Waals surface area contributed by atoms with E-state index in [1.54, 1.807) is 48.5 Å². The number of anilines is 4. The van der Waals surface area contributed by atoms with Gasteiger partial charge in [0.25, 0.3) is 0 Å². The zero-order chi connectivity index (χ0) is 33.1. The van der Waals surface area contributed by atoms with Gasteiger partial charge < -0.3 is 21.3 Å². The van der Waals surface area contributed by atoms with Crippen LogP contribution in [-0.2, 0) is 32.0 Å². The van der Waals surface area contributed by atoms with E-state index in [2.05, 4.69) is 21.3 Å². The number of benzene rings is 4. The Bertz CT molecular complexity index is 1440. The minimum atomic E-state index is -0.0466. The van der Waals surface area contributed by atoms with E-state index < -0.39 is 0 Å². The summed E-state index contributed by atoms with van der Waals surface area (Å²) in [5.41, 5.74) is 5.04. The van der Waals surface area contributed by atoms with Crippen molar-refractivity contribution in [3.8, 4) is 0 Å². The molecule has 0 aliphatic carbocycles. The van der Waals surface area contributed by atoms with Crippen LogP contribution in [0, 0.1) is 0 Å². The highest BCUT2D eigenvalue weighted by molar-refractivity contribution is 5.94. The minimum Gasteiger partial charge on any atom is -0.326 e. The second-order valence-corrected chi connectivity index (χ2v) is 11.6. The standard InChI is InChI=1S/C39H44N4O4/c44-36(40-32-20-24-34(25-21-32)42-38(46)28-18-30-12-6-4-7-13-30)16-10-2-1-3-11-17-37(45)41-33-22-26-35(27-23-33)43-39(47)29-19-31-14-8-5-9-15-31/h4-9,12-15,20-27H,1-3,10-11,16-19,28-29H2,(H,40,44)(H,41,45)(H,42,46)(H,43,47). The van der Waals surface area contributed by atoms with Crippen molar-refractivity contribution >= 4 is 46.4 Å². The SMILES string of the molecule is O=C(CCCCCCCC(=O)Nc1ccc(NC(=O)CCc2ccccc2)cc1)Nc1ccc(NC(=O)CCc2ccccc2)cc1. The van der Waals surface area contributed by atoms with Crippen molar-refractivity contribution in [3.63, 3.8) is 0 Å². The summed E-state index contributed by atoms with van der Waals surface area (Å²) in [7, 11) is 0. The number of hydrogen-bond donors (Lipinski definition) is 4. The third-order valence-corrected chi connectivity index (χ3v) is 7.68. The molecule has 0 saturated heterocycles. The first-order valence-corrected chi connectivity index (χ1v) is 16.4. The lowest BCUT2D eigenvalue weighted by Crippen LogP contribution is -2.13. The maximum Gasteiger partial charge on any atom is 0.224 e. The number of amides is 4. The Morgan fingerprint density at radius 1 is 0.340 bits per heavy atom. The first kappa shape index (κ1) is 34.6. The van der Waals surface area contributed by atoms with Crippen molar-refractivity contribution in [1.29, 1.82) is 0 Å². The molecule has 47 heavy (non-hydrogen) atoms. The van der Waals surface area contributed by atoms with Crippen LogP contribution in [-0.4, -0.2) is 23.6 Å². The fourth-order valence-electron chi connectivity index (χ4n) is 5.07. The monoisotopic (exact) mass is 632 g/mol. The largest absolute Gasteiger partial charge is 0.326 e. The molecule has 0 aliphatic heterocycles. The maximum absolute atomic E-state index is 12.3. The highest BCUT2D eigenvalue weighted by Gasteiger charge is 2.08. The van der Waals surface area contributed by atoms with Gasteiger partial charge in [-0.2, -0.15) is 0 Å². The number of carbonyl (C=O) groups excluding carboxylic acids is 4. The van der Waals surface area contributed by atoms with Crippen LogP contribution in [0.15, 0.2) is 109 Å². The van der Waals surface area contributed by atoms with Gasteiger partial charge in [0.05, 0.1) is 0 Å². The molecule has 0 fully saturated rings. The van der Waals surface area contributed by atoms with E-state index in [1.165, 1.54) is 0 Å². The summed E-state index contributed by atoms with van der Waals surface area (Å²) < 4.78 is 0. The van der Waals surface area contributed by atoms with Crippen molar-refractivity contribution in [2.75, 3.05) is 21.3 Å². The van der Waals surface area contributed by atoms with E-state index >= 15 is 0 Å². The molecule has 0 aromatic heterocycles. The van der Waals surface area contributed by atoms with Crippen LogP contribution in [0.2, 0.25) is 0 Å². The summed E-state index contributed by atoms with van der Waals surface area (Å²) in [6, 6.07) is 34.1. The molecule has 0 bridgehead atoms. The Labute approximate surface area is 277 Å². The molecule has 0 heterocycles. The van der Waals surface area contributed by atoms with Crippen LogP contribution < -0.4 is 21.3 Å². The molecule has 4 N–H and O–H groups in total. The van der Waals surface area contributed by atoms with Gasteiger partial charge in [0.15, 0.2) is 0 Å². The van der Waals surface area contributed by atoms with E-state index in [1.807, 2.05) is 60.7 Å². The molecule has 0 atom stereocenters. The van der Waals surface area contributed by atoms with Gasteiger partial charge in [-0.25, -0.2) is 0 Å². The zero-order valence-corrected chi connectivity index (χ0v) is 26.8. The van der Waals surface area contributed by atoms with Crippen LogP contribution in [0.1, 0.15) is 68.9 Å². The molecule has 4 amide bonds. The van der Waals surface area contributed by atoms with Crippen molar-refractivity contribution in [2.45, 2.75) is 70.6 Å². The summed E-state index contributed by atoms with van der Waals surface area (Å²) in [4.78, 5) is 49.2. The molecule has 8 heteroatoms. The number of unbranched alkanes of at least 4 members (excludes halogenated alkanes) is 4. The van der Waals surface area contributed by atoms with Crippen molar-refractivity contribution in [3.05, 3.63) is 120 Å². The molecule has 4 aromatic carbocycles. The average Bonchev–Trinajstić information content (AvgIpc) is 3.08. The lowest BCUT2D eigenvalue weighted by Gasteiger charge is -2.09. The summed E-state index contributed by atoms with van der Waals surface area (Å²) in [6.07, 6.45) is 7.40. The van der Waals surface area contributed by atoms with Gasteiger partial charge in [0, 0.05) is 48.4 Å². The lowest BCUT2D eigenvalue weighted by molar-refractivity contribution is -0.117. The Balaban J connectivity index is 1.01. The highest BCUT2D eigenvalue weighted by Crippen LogP contribution is 2.17. The van der Waals surface area contributed by atoms with Crippen LogP contribution >= 0.6 is 0 Å². The quantitative estimate of drug-likeness (QED) is 0.0829. The first-order valence-electron chi connectivity index (χ1n) is 16.4. The molecule has 8 nitrogen and oxygen atoms in total. The molecule has 244 valence electrons. The third kappa shape index (κ3) is 13.7. The molecular weight excluding hydrogens is 588 g/mol. The normalized spacial score (nSPS) is 10.6. The molecular formula is C39H44N4O4. The Kier molecular flexibility index (Phi) is 14.2. The second-order valence-electron chi connectivity index (χ2n) is 11.6. The fraction of sp³-hybridized carbons (Fsp3) is 0.282. The van der Waals surface area contributed by atoms with Gasteiger partial charge >= 0.3 is 0 Å². The minimum absolute atomic E-state index is 0.0400. The lowest BCUT2D eigenvalue weighted by atomic mass is 10.1. The van der Waals surface area contributed by atoms with Gasteiger partial charge in [0.2, 0.25) is 23.6 Å². The van der Waals surface area contributed by atoms with Crippen molar-refractivity contribution in [2.24, 2.45) is 0 Å². The number of rotatable bonds is 18. The highest BCUT2D eigenvalue weighted by atomic mass is 16.2.